The lowest BCUT2D eigenvalue weighted by atomic mass is 9.94. The van der Waals surface area contributed by atoms with Crippen LogP contribution in [0.1, 0.15) is 12.8 Å². The number of aromatic nitrogens is 3. The van der Waals surface area contributed by atoms with E-state index in [1.54, 1.807) is 7.11 Å². The largest absolute Gasteiger partial charge is 0.381 e. The first-order chi connectivity index (χ1) is 13.1. The Bertz CT molecular complexity index is 817. The molecule has 0 unspecified atom stereocenters. The lowest BCUT2D eigenvalue weighted by Gasteiger charge is -2.36. The molecule has 3 heterocycles. The number of methoxy groups -OCH3 is 1. The van der Waals surface area contributed by atoms with Crippen molar-refractivity contribution < 1.29 is 18.7 Å². The second-order valence-electron chi connectivity index (χ2n) is 6.06. The van der Waals surface area contributed by atoms with Crippen LogP contribution in [-0.4, -0.2) is 53.8 Å². The van der Waals surface area contributed by atoms with Gasteiger partial charge in [0, 0.05) is 51.5 Å². The van der Waals surface area contributed by atoms with Gasteiger partial charge in [0.2, 0.25) is 6.41 Å². The van der Waals surface area contributed by atoms with E-state index < -0.39 is 11.5 Å². The first-order valence-electron chi connectivity index (χ1n) is 8.32. The molecule has 0 saturated carbocycles. The highest BCUT2D eigenvalue weighted by molar-refractivity contribution is 6.33. The third kappa shape index (κ3) is 4.49. The Morgan fingerprint density at radius 3 is 2.85 bits per heavy atom. The molecule has 0 aliphatic carbocycles. The minimum Gasteiger partial charge on any atom is -0.381 e. The van der Waals surface area contributed by atoms with Crippen LogP contribution in [0.3, 0.4) is 0 Å². The Morgan fingerprint density at radius 1 is 1.37 bits per heavy atom. The fraction of sp³-hybridized carbons (Fsp3) is 0.412. The molecule has 0 atom stereocenters. The van der Waals surface area contributed by atoms with Crippen molar-refractivity contribution in [2.24, 2.45) is 0 Å². The SMILES string of the molecule is COC1(CNc2nc(-c3cc(NC=O)ncc3Cl)cnc2F)CCOCC1. The summed E-state index contributed by atoms with van der Waals surface area (Å²) < 4.78 is 25.2. The molecular formula is C17H19ClFN5O3. The third-order valence-electron chi connectivity index (χ3n) is 4.48. The number of nitrogens with one attached hydrogen (secondary N) is 2. The van der Waals surface area contributed by atoms with Crippen molar-refractivity contribution in [1.29, 1.82) is 0 Å². The van der Waals surface area contributed by atoms with Crippen LogP contribution in [0.4, 0.5) is 16.0 Å². The molecule has 0 spiro atoms. The molecule has 10 heteroatoms. The monoisotopic (exact) mass is 395 g/mol. The van der Waals surface area contributed by atoms with Crippen molar-refractivity contribution in [1.82, 2.24) is 15.0 Å². The number of pyridine rings is 1. The van der Waals surface area contributed by atoms with Crippen molar-refractivity contribution in [2.45, 2.75) is 18.4 Å². The van der Waals surface area contributed by atoms with E-state index in [-0.39, 0.29) is 5.82 Å². The summed E-state index contributed by atoms with van der Waals surface area (Å²) in [5, 5.41) is 5.72. The first-order valence-corrected chi connectivity index (χ1v) is 8.70. The van der Waals surface area contributed by atoms with Gasteiger partial charge in [-0.05, 0) is 6.07 Å². The Balaban J connectivity index is 1.84. The fourth-order valence-corrected chi connectivity index (χ4v) is 3.03. The zero-order valence-corrected chi connectivity index (χ0v) is 15.4. The molecule has 2 N–H and O–H groups in total. The Kier molecular flexibility index (Phi) is 6.15. The van der Waals surface area contributed by atoms with E-state index >= 15 is 0 Å². The molecule has 1 fully saturated rings. The van der Waals surface area contributed by atoms with Crippen molar-refractivity contribution in [3.05, 3.63) is 29.4 Å². The normalized spacial score (nSPS) is 16.0. The topological polar surface area (TPSA) is 98.3 Å². The zero-order valence-electron chi connectivity index (χ0n) is 14.7. The maximum absolute atomic E-state index is 14.2. The predicted molar refractivity (Wildman–Crippen MR) is 98.2 cm³/mol. The van der Waals surface area contributed by atoms with E-state index in [4.69, 9.17) is 21.1 Å². The Labute approximate surface area is 160 Å². The highest BCUT2D eigenvalue weighted by Crippen LogP contribution is 2.29. The van der Waals surface area contributed by atoms with Crippen molar-refractivity contribution in [2.75, 3.05) is 37.5 Å². The van der Waals surface area contributed by atoms with Crippen LogP contribution in [0.5, 0.6) is 0 Å². The predicted octanol–water partition coefficient (Wildman–Crippen LogP) is 2.51. The van der Waals surface area contributed by atoms with Gasteiger partial charge in [0.1, 0.15) is 5.82 Å². The lowest BCUT2D eigenvalue weighted by Crippen LogP contribution is -2.44. The molecule has 0 radical (unpaired) electrons. The number of carbonyl (C=O) groups is 1. The molecule has 8 nitrogen and oxygen atoms in total. The molecule has 2 aromatic rings. The average Bonchev–Trinajstić information content (AvgIpc) is 2.70. The fourth-order valence-electron chi connectivity index (χ4n) is 2.83. The number of rotatable bonds is 7. The van der Waals surface area contributed by atoms with Gasteiger partial charge in [-0.1, -0.05) is 11.6 Å². The van der Waals surface area contributed by atoms with Crippen LogP contribution in [-0.2, 0) is 14.3 Å². The van der Waals surface area contributed by atoms with E-state index in [0.717, 1.165) is 0 Å². The van der Waals surface area contributed by atoms with Crippen molar-refractivity contribution >= 4 is 29.6 Å². The summed E-state index contributed by atoms with van der Waals surface area (Å²) in [4.78, 5) is 22.6. The summed E-state index contributed by atoms with van der Waals surface area (Å²) in [5.74, 6) is -0.438. The average molecular weight is 396 g/mol. The minimum atomic E-state index is -0.728. The molecular weight excluding hydrogens is 377 g/mol. The molecule has 0 aromatic carbocycles. The maximum Gasteiger partial charge on any atom is 0.255 e. The van der Waals surface area contributed by atoms with Gasteiger partial charge in [0.15, 0.2) is 5.82 Å². The highest BCUT2D eigenvalue weighted by Gasteiger charge is 2.32. The second-order valence-corrected chi connectivity index (χ2v) is 6.47. The zero-order chi connectivity index (χ0) is 19.3. The van der Waals surface area contributed by atoms with Crippen molar-refractivity contribution in [3.63, 3.8) is 0 Å². The minimum absolute atomic E-state index is 0.00630. The van der Waals surface area contributed by atoms with E-state index in [1.165, 1.54) is 18.5 Å². The first kappa shape index (κ1) is 19.4. The van der Waals surface area contributed by atoms with Gasteiger partial charge in [0.05, 0.1) is 22.5 Å². The molecule has 1 aliphatic rings. The van der Waals surface area contributed by atoms with Gasteiger partial charge < -0.3 is 20.1 Å². The number of nitrogens with zero attached hydrogens (tertiary/aromatic N) is 3. The number of hydrogen-bond acceptors (Lipinski definition) is 7. The molecule has 27 heavy (non-hydrogen) atoms. The van der Waals surface area contributed by atoms with Crippen LogP contribution < -0.4 is 10.6 Å². The summed E-state index contributed by atoms with van der Waals surface area (Å²) in [6, 6.07) is 1.54. The van der Waals surface area contributed by atoms with E-state index in [1.807, 2.05) is 0 Å². The number of ether oxygens (including phenoxy) is 2. The van der Waals surface area contributed by atoms with Crippen LogP contribution in [0.25, 0.3) is 11.3 Å². The molecule has 3 rings (SSSR count). The van der Waals surface area contributed by atoms with Gasteiger partial charge in [-0.25, -0.2) is 15.0 Å². The number of anilines is 2. The maximum atomic E-state index is 14.2. The molecule has 1 aliphatic heterocycles. The number of carbonyl (C=O) groups excluding carboxylic acids is 1. The van der Waals surface area contributed by atoms with Gasteiger partial charge in [-0.2, -0.15) is 4.39 Å². The van der Waals surface area contributed by atoms with Crippen LogP contribution in [0.2, 0.25) is 5.02 Å². The van der Waals surface area contributed by atoms with E-state index in [9.17, 15) is 9.18 Å². The Morgan fingerprint density at radius 2 is 2.15 bits per heavy atom. The smallest absolute Gasteiger partial charge is 0.255 e. The number of hydrogen-bond donors (Lipinski definition) is 2. The van der Waals surface area contributed by atoms with Crippen molar-refractivity contribution in [3.8, 4) is 11.3 Å². The molecule has 2 aromatic heterocycles. The molecule has 1 saturated heterocycles. The number of amides is 1. The summed E-state index contributed by atoms with van der Waals surface area (Å²) in [6.45, 7) is 1.54. The quantitative estimate of drug-likeness (QED) is 0.695. The molecule has 1 amide bonds. The summed E-state index contributed by atoms with van der Waals surface area (Å²) in [6.07, 6.45) is 4.54. The van der Waals surface area contributed by atoms with Crippen LogP contribution in [0, 0.1) is 5.95 Å². The van der Waals surface area contributed by atoms with Crippen LogP contribution >= 0.6 is 11.6 Å². The van der Waals surface area contributed by atoms with Crippen LogP contribution in [0.15, 0.2) is 18.5 Å². The van der Waals surface area contributed by atoms with E-state index in [2.05, 4.69) is 25.6 Å². The van der Waals surface area contributed by atoms with Gasteiger partial charge in [-0.15, -0.1) is 0 Å². The summed E-state index contributed by atoms with van der Waals surface area (Å²) in [7, 11) is 1.63. The number of halogens is 2. The van der Waals surface area contributed by atoms with Gasteiger partial charge >= 0.3 is 0 Å². The second kappa shape index (κ2) is 8.55. The van der Waals surface area contributed by atoms with Gasteiger partial charge in [0.25, 0.3) is 5.95 Å². The standard InChI is InChI=1S/C17H19ClFN5O3/c1-26-17(2-4-27-5-3-17)9-22-16-15(19)21-8-13(24-16)11-6-14(23-10-25)20-7-12(11)18/h6-8,10H,2-5,9H2,1H3,(H,22,24)(H,20,23,25). The Hall–Kier alpha value is -2.36. The lowest BCUT2D eigenvalue weighted by molar-refractivity contribution is -0.105. The van der Waals surface area contributed by atoms with E-state index in [0.29, 0.717) is 61.1 Å². The summed E-state index contributed by atoms with van der Waals surface area (Å²) in [5.41, 5.74) is 0.371. The molecule has 0 bridgehead atoms. The van der Waals surface area contributed by atoms with Gasteiger partial charge in [-0.3, -0.25) is 4.79 Å². The molecule has 144 valence electrons. The summed E-state index contributed by atoms with van der Waals surface area (Å²) >= 11 is 6.17. The highest BCUT2D eigenvalue weighted by atomic mass is 35.5. The third-order valence-corrected chi connectivity index (χ3v) is 4.78.